The van der Waals surface area contributed by atoms with Gasteiger partial charge < -0.3 is 14.9 Å². The van der Waals surface area contributed by atoms with Crippen LogP contribution in [0.5, 0.6) is 0 Å². The fraction of sp³-hybridized carbons (Fsp3) is 0.292. The second-order valence-electron chi connectivity index (χ2n) is 8.15. The van der Waals surface area contributed by atoms with Crippen molar-refractivity contribution in [3.63, 3.8) is 0 Å². The van der Waals surface area contributed by atoms with E-state index in [1.54, 1.807) is 6.92 Å². The van der Waals surface area contributed by atoms with Gasteiger partial charge in [-0.05, 0) is 49.4 Å². The van der Waals surface area contributed by atoms with Crippen LogP contribution in [0.1, 0.15) is 18.6 Å². The van der Waals surface area contributed by atoms with Crippen molar-refractivity contribution in [2.75, 3.05) is 38.1 Å². The van der Waals surface area contributed by atoms with E-state index in [0.29, 0.717) is 0 Å². The van der Waals surface area contributed by atoms with Crippen LogP contribution >= 0.6 is 0 Å². The standard InChI is InChI=1S/C24H26N6O/c1-17(31)18-6-7-23-22(13-18)27-16-30(23)21-5-3-4-19(12-21)20-14-25-24(26-15-20)29-10-8-28(2)9-11-29/h3-7,12-17,31H,8-11H2,1-2H3. The fourth-order valence-corrected chi connectivity index (χ4v) is 3.97. The molecule has 1 aliphatic rings. The highest BCUT2D eigenvalue weighted by molar-refractivity contribution is 5.79. The molecule has 0 bridgehead atoms. The minimum absolute atomic E-state index is 0.508. The molecule has 1 unspecified atom stereocenters. The van der Waals surface area contributed by atoms with Gasteiger partial charge in [-0.25, -0.2) is 15.0 Å². The van der Waals surface area contributed by atoms with Crippen molar-refractivity contribution in [1.29, 1.82) is 0 Å². The third-order valence-electron chi connectivity index (χ3n) is 5.94. The van der Waals surface area contributed by atoms with Crippen LogP contribution in [-0.2, 0) is 0 Å². The molecular formula is C24H26N6O. The molecule has 1 fully saturated rings. The van der Waals surface area contributed by atoms with Gasteiger partial charge in [-0.15, -0.1) is 0 Å². The molecule has 5 rings (SSSR count). The first-order valence-electron chi connectivity index (χ1n) is 10.6. The Morgan fingerprint density at radius 2 is 1.68 bits per heavy atom. The highest BCUT2D eigenvalue weighted by atomic mass is 16.3. The Hall–Kier alpha value is -3.29. The van der Waals surface area contributed by atoms with Crippen LogP contribution in [0.25, 0.3) is 27.8 Å². The van der Waals surface area contributed by atoms with Crippen LogP contribution in [-0.4, -0.2) is 62.8 Å². The van der Waals surface area contributed by atoms with Crippen LogP contribution in [0.2, 0.25) is 0 Å². The normalized spacial score (nSPS) is 16.0. The minimum Gasteiger partial charge on any atom is -0.389 e. The molecule has 3 heterocycles. The van der Waals surface area contributed by atoms with E-state index < -0.39 is 6.10 Å². The van der Waals surface area contributed by atoms with E-state index in [1.807, 2.05) is 43.0 Å². The molecule has 2 aromatic carbocycles. The first-order valence-corrected chi connectivity index (χ1v) is 10.6. The minimum atomic E-state index is -0.508. The van der Waals surface area contributed by atoms with Gasteiger partial charge >= 0.3 is 0 Å². The van der Waals surface area contributed by atoms with Crippen molar-refractivity contribution in [3.05, 3.63) is 66.7 Å². The van der Waals surface area contributed by atoms with E-state index in [1.165, 1.54) is 0 Å². The molecule has 0 spiro atoms. The summed E-state index contributed by atoms with van der Waals surface area (Å²) in [6.45, 7) is 5.74. The molecule has 2 aromatic heterocycles. The fourth-order valence-electron chi connectivity index (χ4n) is 3.97. The van der Waals surface area contributed by atoms with Crippen LogP contribution in [0, 0.1) is 0 Å². The van der Waals surface area contributed by atoms with Gasteiger partial charge in [0.2, 0.25) is 5.95 Å². The molecule has 0 aliphatic carbocycles. The second kappa shape index (κ2) is 8.09. The van der Waals surface area contributed by atoms with Crippen LogP contribution in [0.3, 0.4) is 0 Å². The molecular weight excluding hydrogens is 388 g/mol. The van der Waals surface area contributed by atoms with Gasteiger partial charge in [0.15, 0.2) is 0 Å². The maximum absolute atomic E-state index is 9.83. The first-order chi connectivity index (χ1) is 15.1. The average Bonchev–Trinajstić information content (AvgIpc) is 3.23. The summed E-state index contributed by atoms with van der Waals surface area (Å²) >= 11 is 0. The maximum Gasteiger partial charge on any atom is 0.225 e. The number of fused-ring (bicyclic) bond motifs is 1. The van der Waals surface area contributed by atoms with Crippen LogP contribution in [0.4, 0.5) is 5.95 Å². The summed E-state index contributed by atoms with van der Waals surface area (Å²) < 4.78 is 2.06. The van der Waals surface area contributed by atoms with Crippen molar-refractivity contribution in [2.24, 2.45) is 0 Å². The molecule has 0 saturated carbocycles. The zero-order chi connectivity index (χ0) is 21.4. The number of hydrogen-bond acceptors (Lipinski definition) is 6. The lowest BCUT2D eigenvalue weighted by atomic mass is 10.1. The van der Waals surface area contributed by atoms with Gasteiger partial charge in [0, 0.05) is 49.8 Å². The van der Waals surface area contributed by atoms with Gasteiger partial charge in [0.05, 0.1) is 17.1 Å². The van der Waals surface area contributed by atoms with Gasteiger partial charge in [-0.1, -0.05) is 18.2 Å². The highest BCUT2D eigenvalue weighted by Gasteiger charge is 2.16. The molecule has 0 radical (unpaired) electrons. The first kappa shape index (κ1) is 19.7. The number of benzene rings is 2. The van der Waals surface area contributed by atoms with E-state index in [0.717, 1.165) is 65.5 Å². The molecule has 158 valence electrons. The molecule has 4 aromatic rings. The van der Waals surface area contributed by atoms with E-state index in [4.69, 9.17) is 0 Å². The third kappa shape index (κ3) is 3.89. The Labute approximate surface area is 181 Å². The maximum atomic E-state index is 9.83. The lowest BCUT2D eigenvalue weighted by Crippen LogP contribution is -2.45. The molecule has 1 saturated heterocycles. The van der Waals surface area contributed by atoms with Gasteiger partial charge in [0.25, 0.3) is 0 Å². The average molecular weight is 415 g/mol. The summed E-state index contributed by atoms with van der Waals surface area (Å²) in [5.74, 6) is 0.794. The summed E-state index contributed by atoms with van der Waals surface area (Å²) in [7, 11) is 2.14. The molecule has 1 atom stereocenters. The van der Waals surface area contributed by atoms with E-state index in [9.17, 15) is 5.11 Å². The highest BCUT2D eigenvalue weighted by Crippen LogP contribution is 2.26. The third-order valence-corrected chi connectivity index (χ3v) is 5.94. The monoisotopic (exact) mass is 414 g/mol. The summed E-state index contributed by atoms with van der Waals surface area (Å²) in [5, 5.41) is 9.83. The Kier molecular flexibility index (Phi) is 5.13. The van der Waals surface area contributed by atoms with Gasteiger partial charge in [-0.2, -0.15) is 0 Å². The van der Waals surface area contributed by atoms with Crippen molar-refractivity contribution in [2.45, 2.75) is 13.0 Å². The van der Waals surface area contributed by atoms with E-state index >= 15 is 0 Å². The Bertz CT molecular complexity index is 1190. The summed E-state index contributed by atoms with van der Waals surface area (Å²) in [6, 6.07) is 14.2. The zero-order valence-corrected chi connectivity index (χ0v) is 17.8. The largest absolute Gasteiger partial charge is 0.389 e. The van der Waals surface area contributed by atoms with Gasteiger partial charge in [-0.3, -0.25) is 4.57 Å². The quantitative estimate of drug-likeness (QED) is 0.553. The van der Waals surface area contributed by atoms with Gasteiger partial charge in [0.1, 0.15) is 6.33 Å². The van der Waals surface area contributed by atoms with Crippen LogP contribution in [0.15, 0.2) is 61.2 Å². The molecule has 1 N–H and O–H groups in total. The Balaban J connectivity index is 1.42. The van der Waals surface area contributed by atoms with Crippen molar-refractivity contribution >= 4 is 17.0 Å². The van der Waals surface area contributed by atoms with Crippen molar-refractivity contribution < 1.29 is 5.11 Å². The Morgan fingerprint density at radius 1 is 0.903 bits per heavy atom. The number of aromatic nitrogens is 4. The predicted octanol–water partition coefficient (Wildman–Crippen LogP) is 3.29. The number of piperazine rings is 1. The van der Waals surface area contributed by atoms with Crippen molar-refractivity contribution in [3.8, 4) is 16.8 Å². The van der Waals surface area contributed by atoms with E-state index in [2.05, 4.69) is 54.6 Å². The number of aliphatic hydroxyl groups excluding tert-OH is 1. The number of aliphatic hydroxyl groups is 1. The second-order valence-corrected chi connectivity index (χ2v) is 8.15. The van der Waals surface area contributed by atoms with E-state index in [-0.39, 0.29) is 0 Å². The topological polar surface area (TPSA) is 70.3 Å². The smallest absolute Gasteiger partial charge is 0.225 e. The summed E-state index contributed by atoms with van der Waals surface area (Å²) in [5.41, 5.74) is 5.80. The Morgan fingerprint density at radius 3 is 2.42 bits per heavy atom. The molecule has 7 nitrogen and oxygen atoms in total. The lowest BCUT2D eigenvalue weighted by molar-refractivity contribution is 0.199. The molecule has 1 aliphatic heterocycles. The molecule has 7 heteroatoms. The van der Waals surface area contributed by atoms with Crippen LogP contribution < -0.4 is 4.90 Å². The molecule has 0 amide bonds. The summed E-state index contributed by atoms with van der Waals surface area (Å²) in [4.78, 5) is 18.3. The zero-order valence-electron chi connectivity index (χ0n) is 17.8. The molecule has 31 heavy (non-hydrogen) atoms. The number of nitrogens with zero attached hydrogens (tertiary/aromatic N) is 6. The predicted molar refractivity (Wildman–Crippen MR) is 122 cm³/mol. The number of likely N-dealkylation sites (N-methyl/N-ethyl adjacent to an activating group) is 1. The SMILES string of the molecule is CC(O)c1ccc2c(c1)ncn2-c1cccc(-c2cnc(N3CCN(C)CC3)nc2)c1. The number of hydrogen-bond donors (Lipinski definition) is 1. The summed E-state index contributed by atoms with van der Waals surface area (Å²) in [6.07, 6.45) is 5.12. The number of anilines is 1. The number of rotatable bonds is 4. The number of imidazole rings is 1. The lowest BCUT2D eigenvalue weighted by Gasteiger charge is -2.32. The van der Waals surface area contributed by atoms with Crippen molar-refractivity contribution in [1.82, 2.24) is 24.4 Å².